The molecule has 0 radical (unpaired) electrons. The van der Waals surface area contributed by atoms with Gasteiger partial charge in [-0.15, -0.1) is 0 Å². The monoisotopic (exact) mass is 324 g/mol. The van der Waals surface area contributed by atoms with Gasteiger partial charge in [0.15, 0.2) is 6.61 Å². The lowest BCUT2D eigenvalue weighted by atomic mass is 10.1. The average Bonchev–Trinajstić information content (AvgIpc) is 2.58. The molecule has 1 amide bonds. The first-order valence-electron chi connectivity index (χ1n) is 6.98. The molecule has 8 heteroatoms. The van der Waals surface area contributed by atoms with Gasteiger partial charge in [-0.25, -0.2) is 0 Å². The lowest BCUT2D eigenvalue weighted by Crippen LogP contribution is -2.35. The molecule has 3 rings (SSSR count). The van der Waals surface area contributed by atoms with E-state index >= 15 is 0 Å². The van der Waals surface area contributed by atoms with Crippen molar-refractivity contribution < 1.29 is 14.5 Å². The zero-order chi connectivity index (χ0) is 17.3. The van der Waals surface area contributed by atoms with Crippen LogP contribution in [0, 0.1) is 21.4 Å². The van der Waals surface area contributed by atoms with Gasteiger partial charge in [-0.1, -0.05) is 0 Å². The van der Waals surface area contributed by atoms with E-state index in [0.29, 0.717) is 22.8 Å². The van der Waals surface area contributed by atoms with Crippen molar-refractivity contribution in [3.8, 4) is 11.8 Å². The number of carbonyl (C=O) groups is 1. The number of ether oxygens (including phenoxy) is 1. The van der Waals surface area contributed by atoms with E-state index in [1.54, 1.807) is 25.2 Å². The van der Waals surface area contributed by atoms with E-state index in [9.17, 15) is 20.2 Å². The van der Waals surface area contributed by atoms with Crippen LogP contribution in [0.1, 0.15) is 5.56 Å². The van der Waals surface area contributed by atoms with Crippen LogP contribution in [-0.2, 0) is 4.79 Å². The number of rotatable bonds is 3. The van der Waals surface area contributed by atoms with Gasteiger partial charge in [-0.3, -0.25) is 14.9 Å². The van der Waals surface area contributed by atoms with Crippen LogP contribution in [0.5, 0.6) is 5.75 Å². The van der Waals surface area contributed by atoms with Gasteiger partial charge in [0, 0.05) is 24.9 Å². The highest BCUT2D eigenvalue weighted by Crippen LogP contribution is 2.35. The third kappa shape index (κ3) is 2.70. The number of nitriles is 1. The highest BCUT2D eigenvalue weighted by molar-refractivity contribution is 5.98. The van der Waals surface area contributed by atoms with Crippen LogP contribution in [-0.4, -0.2) is 24.5 Å². The maximum Gasteiger partial charge on any atom is 0.270 e. The molecule has 1 aliphatic rings. The maximum atomic E-state index is 11.7. The number of hydrogen-bond acceptors (Lipinski definition) is 6. The fourth-order valence-corrected chi connectivity index (χ4v) is 2.35. The Labute approximate surface area is 137 Å². The van der Waals surface area contributed by atoms with Crippen molar-refractivity contribution in [2.45, 2.75) is 0 Å². The van der Waals surface area contributed by atoms with Crippen molar-refractivity contribution in [2.75, 3.05) is 23.9 Å². The number of fused-ring (bicyclic) bond motifs is 1. The second-order valence-electron chi connectivity index (χ2n) is 5.15. The molecule has 0 fully saturated rings. The topological polar surface area (TPSA) is 108 Å². The van der Waals surface area contributed by atoms with Crippen molar-refractivity contribution in [2.24, 2.45) is 0 Å². The largest absolute Gasteiger partial charge is 0.482 e. The SMILES string of the molecule is CN1C(=O)COc2ccc(Nc3ccc([N+](=O)[O-])cc3C#N)cc21. The summed E-state index contributed by atoms with van der Waals surface area (Å²) in [4.78, 5) is 23.4. The molecule has 0 saturated heterocycles. The Balaban J connectivity index is 1.94. The molecule has 2 aromatic carbocycles. The summed E-state index contributed by atoms with van der Waals surface area (Å²) in [5.41, 5.74) is 1.68. The van der Waals surface area contributed by atoms with Crippen molar-refractivity contribution in [1.29, 1.82) is 5.26 Å². The Bertz CT molecular complexity index is 888. The van der Waals surface area contributed by atoms with Gasteiger partial charge in [-0.05, 0) is 24.3 Å². The zero-order valence-corrected chi connectivity index (χ0v) is 12.6. The molecule has 0 unspecified atom stereocenters. The number of carbonyl (C=O) groups excluding carboxylic acids is 1. The van der Waals surface area contributed by atoms with Crippen molar-refractivity contribution >= 4 is 28.7 Å². The van der Waals surface area contributed by atoms with E-state index in [1.807, 2.05) is 6.07 Å². The Kier molecular flexibility index (Phi) is 3.75. The molecule has 1 aliphatic heterocycles. The minimum atomic E-state index is -0.554. The van der Waals surface area contributed by atoms with Crippen LogP contribution >= 0.6 is 0 Å². The second-order valence-corrected chi connectivity index (χ2v) is 5.15. The Hall–Kier alpha value is -3.60. The second kappa shape index (κ2) is 5.89. The summed E-state index contributed by atoms with van der Waals surface area (Å²) in [7, 11) is 1.65. The lowest BCUT2D eigenvalue weighted by molar-refractivity contribution is -0.384. The molecule has 0 aliphatic carbocycles. The van der Waals surface area contributed by atoms with E-state index in [4.69, 9.17) is 4.74 Å². The van der Waals surface area contributed by atoms with Gasteiger partial charge in [0.05, 0.1) is 21.9 Å². The molecule has 8 nitrogen and oxygen atoms in total. The highest BCUT2D eigenvalue weighted by Gasteiger charge is 2.22. The van der Waals surface area contributed by atoms with Crippen LogP contribution in [0.2, 0.25) is 0 Å². The average molecular weight is 324 g/mol. The summed E-state index contributed by atoms with van der Waals surface area (Å²) in [6.07, 6.45) is 0. The highest BCUT2D eigenvalue weighted by atomic mass is 16.6. The van der Waals surface area contributed by atoms with Crippen LogP contribution < -0.4 is 15.0 Å². The van der Waals surface area contributed by atoms with Crippen molar-refractivity contribution in [3.63, 3.8) is 0 Å². The van der Waals surface area contributed by atoms with Crippen LogP contribution in [0.25, 0.3) is 0 Å². The summed E-state index contributed by atoms with van der Waals surface area (Å²) in [6, 6.07) is 11.1. The molecule has 2 aromatic rings. The molecule has 0 saturated carbocycles. The molecule has 1 N–H and O–H groups in total. The van der Waals surface area contributed by atoms with E-state index < -0.39 is 4.92 Å². The fourth-order valence-electron chi connectivity index (χ4n) is 2.35. The lowest BCUT2D eigenvalue weighted by Gasteiger charge is -2.26. The van der Waals surface area contributed by atoms with Gasteiger partial charge in [0.25, 0.3) is 11.6 Å². The van der Waals surface area contributed by atoms with Gasteiger partial charge in [-0.2, -0.15) is 5.26 Å². The molecule has 24 heavy (non-hydrogen) atoms. The number of non-ortho nitro benzene ring substituents is 1. The predicted molar refractivity (Wildman–Crippen MR) is 86.4 cm³/mol. The first-order valence-corrected chi connectivity index (χ1v) is 6.98. The van der Waals surface area contributed by atoms with E-state index in [0.717, 1.165) is 0 Å². The number of amides is 1. The minimum absolute atomic E-state index is 0.00277. The van der Waals surface area contributed by atoms with Crippen LogP contribution in [0.4, 0.5) is 22.7 Å². The van der Waals surface area contributed by atoms with Crippen molar-refractivity contribution in [1.82, 2.24) is 0 Å². The normalized spacial score (nSPS) is 12.8. The Morgan fingerprint density at radius 3 is 2.83 bits per heavy atom. The van der Waals surface area contributed by atoms with Gasteiger partial charge in [0.1, 0.15) is 11.8 Å². The number of benzene rings is 2. The summed E-state index contributed by atoms with van der Waals surface area (Å²) in [6.45, 7) is -0.00277. The molecule has 0 spiro atoms. The standard InChI is InChI=1S/C16H12N4O4/c1-19-14-7-11(2-5-15(14)24-9-16(19)21)18-13-4-3-12(20(22)23)6-10(13)8-17/h2-7,18H,9H2,1H3. The quantitative estimate of drug-likeness (QED) is 0.686. The fraction of sp³-hybridized carbons (Fsp3) is 0.125. The van der Waals surface area contributed by atoms with Crippen LogP contribution in [0.3, 0.4) is 0 Å². The molecule has 1 heterocycles. The van der Waals surface area contributed by atoms with E-state index in [1.165, 1.54) is 23.1 Å². The van der Waals surface area contributed by atoms with E-state index in [-0.39, 0.29) is 23.8 Å². The predicted octanol–water partition coefficient (Wildman–Crippen LogP) is 2.57. The summed E-state index contributed by atoms with van der Waals surface area (Å²) >= 11 is 0. The number of nitrogens with one attached hydrogen (secondary N) is 1. The first-order chi connectivity index (χ1) is 11.5. The first kappa shape index (κ1) is 15.3. The molecular formula is C16H12N4O4. The number of likely N-dealkylation sites (N-methyl/N-ethyl adjacent to an activating group) is 1. The third-order valence-electron chi connectivity index (χ3n) is 3.66. The third-order valence-corrected chi connectivity index (χ3v) is 3.66. The van der Waals surface area contributed by atoms with Gasteiger partial charge >= 0.3 is 0 Å². The van der Waals surface area contributed by atoms with Gasteiger partial charge < -0.3 is 15.0 Å². The molecular weight excluding hydrogens is 312 g/mol. The maximum absolute atomic E-state index is 11.7. The Morgan fingerprint density at radius 1 is 1.33 bits per heavy atom. The van der Waals surface area contributed by atoms with Crippen molar-refractivity contribution in [3.05, 3.63) is 52.1 Å². The molecule has 0 aromatic heterocycles. The summed E-state index contributed by atoms with van der Waals surface area (Å²) < 4.78 is 5.35. The van der Waals surface area contributed by atoms with E-state index in [2.05, 4.69) is 5.32 Å². The molecule has 0 atom stereocenters. The number of anilines is 3. The summed E-state index contributed by atoms with van der Waals surface area (Å²) in [5, 5.41) is 23.0. The Morgan fingerprint density at radius 2 is 2.12 bits per heavy atom. The smallest absolute Gasteiger partial charge is 0.270 e. The number of nitro groups is 1. The van der Waals surface area contributed by atoms with Crippen LogP contribution in [0.15, 0.2) is 36.4 Å². The minimum Gasteiger partial charge on any atom is -0.482 e. The number of nitro benzene ring substituents is 1. The molecule has 0 bridgehead atoms. The number of hydrogen-bond donors (Lipinski definition) is 1. The molecule has 120 valence electrons. The zero-order valence-electron chi connectivity index (χ0n) is 12.6. The van der Waals surface area contributed by atoms with Gasteiger partial charge in [0.2, 0.25) is 0 Å². The summed E-state index contributed by atoms with van der Waals surface area (Å²) in [5.74, 6) is 0.430. The number of nitrogens with zero attached hydrogens (tertiary/aromatic N) is 3.